The fraction of sp³-hybridized carbons (Fsp3) is 0.280. The van der Waals surface area contributed by atoms with Gasteiger partial charge in [0.25, 0.3) is 11.8 Å². The van der Waals surface area contributed by atoms with Gasteiger partial charge in [-0.25, -0.2) is 4.68 Å². The Morgan fingerprint density at radius 3 is 2.36 bits per heavy atom. The fourth-order valence-corrected chi connectivity index (χ4v) is 3.56. The van der Waals surface area contributed by atoms with Crippen molar-refractivity contribution in [2.45, 2.75) is 26.7 Å². The molecule has 0 fully saturated rings. The summed E-state index contributed by atoms with van der Waals surface area (Å²) in [5, 5.41) is 7.43. The van der Waals surface area contributed by atoms with Crippen LogP contribution >= 0.6 is 0 Å². The van der Waals surface area contributed by atoms with Crippen LogP contribution in [0.4, 0.5) is 5.69 Å². The molecule has 1 aromatic heterocycles. The van der Waals surface area contributed by atoms with Crippen molar-refractivity contribution in [3.63, 3.8) is 0 Å². The predicted octanol–water partition coefficient (Wildman–Crippen LogP) is 3.55. The first-order chi connectivity index (χ1) is 15.7. The van der Waals surface area contributed by atoms with Crippen molar-refractivity contribution in [2.24, 2.45) is 0 Å². The van der Waals surface area contributed by atoms with Crippen molar-refractivity contribution >= 4 is 23.5 Å². The first-order valence-corrected chi connectivity index (χ1v) is 10.6. The summed E-state index contributed by atoms with van der Waals surface area (Å²) in [6.45, 7) is 3.86. The standard InChI is InChI=1S/C25H28N4O4/c1-16-22(13-14-23(30)33-5)17(2)29(27-16)21-11-9-18(10-12-21)24(31)26-20-8-6-7-19(15-20)25(32)28(3)4/h6-12,15H,13-14H2,1-5H3,(H,26,31). The quantitative estimate of drug-likeness (QED) is 0.558. The van der Waals surface area contributed by atoms with Crippen molar-refractivity contribution in [1.82, 2.24) is 14.7 Å². The lowest BCUT2D eigenvalue weighted by Gasteiger charge is -2.12. The van der Waals surface area contributed by atoms with Crippen molar-refractivity contribution in [2.75, 3.05) is 26.5 Å². The minimum Gasteiger partial charge on any atom is -0.469 e. The molecule has 0 atom stereocenters. The van der Waals surface area contributed by atoms with Gasteiger partial charge in [0.15, 0.2) is 0 Å². The molecule has 0 aliphatic heterocycles. The van der Waals surface area contributed by atoms with Gasteiger partial charge in [0, 0.05) is 43.0 Å². The van der Waals surface area contributed by atoms with Gasteiger partial charge in [-0.2, -0.15) is 5.10 Å². The highest BCUT2D eigenvalue weighted by Crippen LogP contribution is 2.20. The first kappa shape index (κ1) is 23.7. The van der Waals surface area contributed by atoms with Gasteiger partial charge in [-0.1, -0.05) is 6.07 Å². The maximum atomic E-state index is 12.7. The Hall–Kier alpha value is -3.94. The van der Waals surface area contributed by atoms with Crippen LogP contribution in [-0.4, -0.2) is 53.7 Å². The second-order valence-electron chi connectivity index (χ2n) is 7.92. The molecule has 1 heterocycles. The number of carbonyl (C=O) groups is 3. The van der Waals surface area contributed by atoms with Gasteiger partial charge >= 0.3 is 5.97 Å². The molecule has 0 aliphatic carbocycles. The summed E-state index contributed by atoms with van der Waals surface area (Å²) < 4.78 is 6.53. The number of aromatic nitrogens is 2. The zero-order valence-electron chi connectivity index (χ0n) is 19.5. The molecule has 0 saturated carbocycles. The number of benzene rings is 2. The number of ether oxygens (including phenoxy) is 1. The molecule has 2 aromatic carbocycles. The molecular weight excluding hydrogens is 420 g/mol. The number of nitrogens with zero attached hydrogens (tertiary/aromatic N) is 3. The van der Waals surface area contributed by atoms with Crippen molar-refractivity contribution in [3.8, 4) is 5.69 Å². The molecule has 33 heavy (non-hydrogen) atoms. The highest BCUT2D eigenvalue weighted by Gasteiger charge is 2.15. The van der Waals surface area contributed by atoms with Gasteiger partial charge in [0.2, 0.25) is 0 Å². The average Bonchev–Trinajstić information content (AvgIpc) is 3.10. The van der Waals surface area contributed by atoms with Crippen molar-refractivity contribution < 1.29 is 19.1 Å². The van der Waals surface area contributed by atoms with Gasteiger partial charge in [-0.15, -0.1) is 0 Å². The second-order valence-corrected chi connectivity index (χ2v) is 7.92. The van der Waals surface area contributed by atoms with E-state index in [-0.39, 0.29) is 17.8 Å². The lowest BCUT2D eigenvalue weighted by atomic mass is 10.1. The Kier molecular flexibility index (Phi) is 7.27. The van der Waals surface area contributed by atoms with E-state index in [2.05, 4.69) is 10.4 Å². The third kappa shape index (κ3) is 5.46. The summed E-state index contributed by atoms with van der Waals surface area (Å²) in [6, 6.07) is 13.9. The first-order valence-electron chi connectivity index (χ1n) is 10.6. The predicted molar refractivity (Wildman–Crippen MR) is 126 cm³/mol. The number of nitrogens with one attached hydrogen (secondary N) is 1. The summed E-state index contributed by atoms with van der Waals surface area (Å²) in [4.78, 5) is 37.8. The van der Waals surface area contributed by atoms with Crippen LogP contribution < -0.4 is 5.32 Å². The number of amides is 2. The molecule has 3 rings (SSSR count). The Balaban J connectivity index is 1.74. The number of hydrogen-bond donors (Lipinski definition) is 1. The Bertz CT molecular complexity index is 1180. The van der Waals surface area contributed by atoms with Crippen LogP contribution in [0.5, 0.6) is 0 Å². The number of anilines is 1. The van der Waals surface area contributed by atoms with Gasteiger partial charge in [-0.3, -0.25) is 14.4 Å². The van der Waals surface area contributed by atoms with E-state index in [4.69, 9.17) is 4.74 Å². The highest BCUT2D eigenvalue weighted by atomic mass is 16.5. The minimum absolute atomic E-state index is 0.133. The van der Waals surface area contributed by atoms with E-state index in [9.17, 15) is 14.4 Å². The normalized spacial score (nSPS) is 10.6. The third-order valence-corrected chi connectivity index (χ3v) is 5.40. The molecule has 2 amide bonds. The molecular formula is C25H28N4O4. The van der Waals surface area contributed by atoms with Crippen LogP contribution in [0.1, 0.15) is 44.1 Å². The van der Waals surface area contributed by atoms with Crippen LogP contribution in [0.25, 0.3) is 5.69 Å². The Morgan fingerprint density at radius 2 is 1.73 bits per heavy atom. The number of aryl methyl sites for hydroxylation is 1. The summed E-state index contributed by atoms with van der Waals surface area (Å²) >= 11 is 0. The third-order valence-electron chi connectivity index (χ3n) is 5.40. The van der Waals surface area contributed by atoms with Crippen LogP contribution in [0.3, 0.4) is 0 Å². The number of esters is 1. The van der Waals surface area contributed by atoms with Gasteiger partial charge in [0.1, 0.15) is 0 Å². The summed E-state index contributed by atoms with van der Waals surface area (Å²) in [5.41, 5.74) is 5.15. The summed E-state index contributed by atoms with van der Waals surface area (Å²) in [5.74, 6) is -0.664. The summed E-state index contributed by atoms with van der Waals surface area (Å²) in [7, 11) is 4.74. The highest BCUT2D eigenvalue weighted by molar-refractivity contribution is 6.05. The zero-order chi connectivity index (χ0) is 24.1. The number of methoxy groups -OCH3 is 1. The van der Waals surface area contributed by atoms with E-state index >= 15 is 0 Å². The second kappa shape index (κ2) is 10.1. The van der Waals surface area contributed by atoms with Gasteiger partial charge in [-0.05, 0) is 68.3 Å². The van der Waals surface area contributed by atoms with E-state index in [0.29, 0.717) is 29.7 Å². The molecule has 0 aliphatic rings. The van der Waals surface area contributed by atoms with Crippen LogP contribution in [0, 0.1) is 13.8 Å². The molecule has 8 heteroatoms. The van der Waals surface area contributed by atoms with E-state index in [0.717, 1.165) is 22.6 Å². The molecule has 0 spiro atoms. The molecule has 172 valence electrons. The molecule has 8 nitrogen and oxygen atoms in total. The number of hydrogen-bond acceptors (Lipinski definition) is 5. The van der Waals surface area contributed by atoms with E-state index < -0.39 is 0 Å². The van der Waals surface area contributed by atoms with Crippen LogP contribution in [0.2, 0.25) is 0 Å². The number of rotatable bonds is 7. The average molecular weight is 449 g/mol. The Labute approximate surface area is 193 Å². The van der Waals surface area contributed by atoms with Gasteiger partial charge < -0.3 is 15.0 Å². The van der Waals surface area contributed by atoms with E-state index in [1.165, 1.54) is 12.0 Å². The lowest BCUT2D eigenvalue weighted by Crippen LogP contribution is -2.22. The molecule has 0 saturated heterocycles. The SMILES string of the molecule is COC(=O)CCc1c(C)nn(-c2ccc(C(=O)Nc3cccc(C(=O)N(C)C)c3)cc2)c1C. The maximum absolute atomic E-state index is 12.7. The maximum Gasteiger partial charge on any atom is 0.305 e. The fourth-order valence-electron chi connectivity index (χ4n) is 3.56. The topological polar surface area (TPSA) is 93.5 Å². The van der Waals surface area contributed by atoms with Crippen LogP contribution in [0.15, 0.2) is 48.5 Å². The largest absolute Gasteiger partial charge is 0.469 e. The lowest BCUT2D eigenvalue weighted by molar-refractivity contribution is -0.140. The van der Waals surface area contributed by atoms with E-state index in [1.54, 1.807) is 55.2 Å². The molecule has 0 bridgehead atoms. The van der Waals surface area contributed by atoms with E-state index in [1.807, 2.05) is 26.0 Å². The van der Waals surface area contributed by atoms with Crippen molar-refractivity contribution in [1.29, 1.82) is 0 Å². The molecule has 0 radical (unpaired) electrons. The summed E-state index contributed by atoms with van der Waals surface area (Å²) in [6.07, 6.45) is 0.852. The molecule has 1 N–H and O–H groups in total. The molecule has 3 aromatic rings. The number of carbonyl (C=O) groups excluding carboxylic acids is 3. The zero-order valence-corrected chi connectivity index (χ0v) is 19.5. The Morgan fingerprint density at radius 1 is 1.03 bits per heavy atom. The molecule has 0 unspecified atom stereocenters. The monoisotopic (exact) mass is 448 g/mol. The minimum atomic E-state index is -0.275. The van der Waals surface area contributed by atoms with Crippen LogP contribution in [-0.2, 0) is 16.0 Å². The van der Waals surface area contributed by atoms with Gasteiger partial charge in [0.05, 0.1) is 18.5 Å². The smallest absolute Gasteiger partial charge is 0.305 e. The van der Waals surface area contributed by atoms with Crippen molar-refractivity contribution in [3.05, 3.63) is 76.6 Å².